The number of ether oxygens (including phenoxy) is 1. The first kappa shape index (κ1) is 24.8. The van der Waals surface area contributed by atoms with Crippen LogP contribution in [0.1, 0.15) is 31.5 Å². The molecule has 2 heterocycles. The van der Waals surface area contributed by atoms with Crippen molar-refractivity contribution in [2.24, 2.45) is 0 Å². The number of benzene rings is 2. The zero-order valence-corrected chi connectivity index (χ0v) is 20.1. The summed E-state index contributed by atoms with van der Waals surface area (Å²) in [6, 6.07) is 7.87. The number of hydrogen-bond acceptors (Lipinski definition) is 7. The molecule has 2 amide bonds. The van der Waals surface area contributed by atoms with Crippen LogP contribution >= 0.6 is 0 Å². The molecule has 3 aromatic rings. The van der Waals surface area contributed by atoms with Crippen LogP contribution in [0.5, 0.6) is 5.75 Å². The summed E-state index contributed by atoms with van der Waals surface area (Å²) >= 11 is 0. The monoisotopic (exact) mass is 496 g/mol. The summed E-state index contributed by atoms with van der Waals surface area (Å²) in [7, 11) is 1.49. The molecule has 0 saturated carbocycles. The summed E-state index contributed by atoms with van der Waals surface area (Å²) in [5, 5.41) is 2.52. The molecular weight excluding hydrogens is 470 g/mol. The minimum absolute atomic E-state index is 0.0000623. The Morgan fingerprint density at radius 2 is 1.83 bits per heavy atom. The Morgan fingerprint density at radius 1 is 1.14 bits per heavy atom. The highest BCUT2D eigenvalue weighted by atomic mass is 19.1. The Hall–Kier alpha value is -4.28. The van der Waals surface area contributed by atoms with E-state index in [0.717, 1.165) is 12.1 Å². The highest BCUT2D eigenvalue weighted by Crippen LogP contribution is 2.45. The van der Waals surface area contributed by atoms with Crippen LogP contribution in [0.2, 0.25) is 0 Å². The molecule has 0 fully saturated rings. The average molecular weight is 497 g/mol. The van der Waals surface area contributed by atoms with Crippen molar-refractivity contribution in [1.29, 1.82) is 0 Å². The van der Waals surface area contributed by atoms with Crippen LogP contribution in [0.25, 0.3) is 11.1 Å². The number of aryl methyl sites for hydroxylation is 1. The van der Waals surface area contributed by atoms with E-state index in [0.29, 0.717) is 35.0 Å². The van der Waals surface area contributed by atoms with Crippen LogP contribution in [0.4, 0.5) is 26.2 Å². The lowest BCUT2D eigenvalue weighted by molar-refractivity contribution is -0.135. The van der Waals surface area contributed by atoms with Gasteiger partial charge in [0.1, 0.15) is 23.2 Å². The van der Waals surface area contributed by atoms with Gasteiger partial charge >= 0.3 is 0 Å². The number of carbonyl (C=O) groups excluding carboxylic acids is 2. The highest BCUT2D eigenvalue weighted by molar-refractivity contribution is 6.04. The van der Waals surface area contributed by atoms with Gasteiger partial charge in [-0.1, -0.05) is 13.0 Å². The van der Waals surface area contributed by atoms with Crippen molar-refractivity contribution in [3.05, 3.63) is 59.3 Å². The van der Waals surface area contributed by atoms with E-state index < -0.39 is 23.1 Å². The van der Waals surface area contributed by atoms with Gasteiger partial charge in [-0.05, 0) is 43.2 Å². The molecule has 36 heavy (non-hydrogen) atoms. The summed E-state index contributed by atoms with van der Waals surface area (Å²) in [6.07, 6.45) is 0.523. The van der Waals surface area contributed by atoms with Gasteiger partial charge in [0, 0.05) is 37.2 Å². The SMILES string of the molecule is CCc1nc(N)nc(N)c1-c1ccc2c(c1)N(CCC(=O)NC)C(=O)C(C)(c1cc(F)cc(F)c1)O2. The van der Waals surface area contributed by atoms with Crippen molar-refractivity contribution < 1.29 is 23.1 Å². The number of fused-ring (bicyclic) bond motifs is 1. The third kappa shape index (κ3) is 4.39. The van der Waals surface area contributed by atoms with Gasteiger partial charge in [0.05, 0.1) is 11.4 Å². The van der Waals surface area contributed by atoms with Gasteiger partial charge in [-0.3, -0.25) is 9.59 Å². The normalized spacial score (nSPS) is 16.9. The predicted octanol–water partition coefficient (Wildman–Crippen LogP) is 2.93. The topological polar surface area (TPSA) is 136 Å². The quantitative estimate of drug-likeness (QED) is 0.477. The lowest BCUT2D eigenvalue weighted by atomic mass is 9.91. The van der Waals surface area contributed by atoms with Crippen molar-refractivity contribution in [2.75, 3.05) is 30.0 Å². The van der Waals surface area contributed by atoms with Crippen LogP contribution in [-0.4, -0.2) is 35.4 Å². The van der Waals surface area contributed by atoms with Crippen molar-refractivity contribution >= 4 is 29.3 Å². The second-order valence-electron chi connectivity index (χ2n) is 8.50. The minimum Gasteiger partial charge on any atom is -0.471 e. The maximum absolute atomic E-state index is 14.0. The molecule has 0 bridgehead atoms. The van der Waals surface area contributed by atoms with E-state index in [2.05, 4.69) is 15.3 Å². The summed E-state index contributed by atoms with van der Waals surface area (Å²) in [5.41, 5.74) is 12.4. The molecule has 0 spiro atoms. The van der Waals surface area contributed by atoms with Gasteiger partial charge in [-0.25, -0.2) is 13.8 Å². The number of halogens is 2. The van der Waals surface area contributed by atoms with Gasteiger partial charge in [0.15, 0.2) is 0 Å². The van der Waals surface area contributed by atoms with Gasteiger partial charge < -0.3 is 26.4 Å². The summed E-state index contributed by atoms with van der Waals surface area (Å²) in [4.78, 5) is 35.5. The zero-order chi connectivity index (χ0) is 26.2. The third-order valence-corrected chi connectivity index (χ3v) is 6.12. The molecular formula is C25H26F2N6O3. The number of hydrogen-bond donors (Lipinski definition) is 3. The number of nitrogens with zero attached hydrogens (tertiary/aromatic N) is 3. The largest absolute Gasteiger partial charge is 0.471 e. The molecule has 0 saturated heterocycles. The van der Waals surface area contributed by atoms with Crippen LogP contribution < -0.4 is 26.4 Å². The summed E-state index contributed by atoms with van der Waals surface area (Å²) in [6.45, 7) is 3.34. The van der Waals surface area contributed by atoms with Gasteiger partial charge in [-0.15, -0.1) is 0 Å². The molecule has 0 aliphatic carbocycles. The number of nitrogen functional groups attached to an aromatic ring is 2. The first-order valence-electron chi connectivity index (χ1n) is 11.3. The minimum atomic E-state index is -1.74. The van der Waals surface area contributed by atoms with Gasteiger partial charge in [-0.2, -0.15) is 4.98 Å². The molecule has 1 atom stereocenters. The zero-order valence-electron chi connectivity index (χ0n) is 20.1. The van der Waals surface area contributed by atoms with Gasteiger partial charge in [0.2, 0.25) is 17.5 Å². The number of rotatable bonds is 6. The Labute approximate surface area is 206 Å². The first-order chi connectivity index (χ1) is 17.1. The molecule has 2 aromatic carbocycles. The lowest BCUT2D eigenvalue weighted by Gasteiger charge is -2.41. The molecule has 1 aliphatic rings. The molecule has 0 radical (unpaired) electrons. The maximum atomic E-state index is 14.0. The van der Waals surface area contributed by atoms with E-state index in [1.54, 1.807) is 18.2 Å². The number of nitrogens with two attached hydrogens (primary N) is 2. The standard InChI is InChI=1S/C25H26F2N6O3/c1-4-17-21(22(28)32-24(29)31-17)13-5-6-19-18(9-13)33(8-7-20(34)30-3)23(35)25(2,36-19)14-10-15(26)12-16(27)11-14/h5-6,9-12H,4,7-8H2,1-3H3,(H,30,34)(H4,28,29,31,32). The smallest absolute Gasteiger partial charge is 0.275 e. The van der Waals surface area contributed by atoms with Crippen molar-refractivity contribution in [2.45, 2.75) is 32.3 Å². The molecule has 1 aliphatic heterocycles. The van der Waals surface area contributed by atoms with Gasteiger partial charge in [0.25, 0.3) is 5.91 Å². The fourth-order valence-electron chi connectivity index (χ4n) is 4.29. The number of carbonyl (C=O) groups is 2. The van der Waals surface area contributed by atoms with Crippen LogP contribution in [0, 0.1) is 11.6 Å². The second kappa shape index (κ2) is 9.40. The van der Waals surface area contributed by atoms with Crippen LogP contribution in [-0.2, 0) is 21.6 Å². The predicted molar refractivity (Wildman–Crippen MR) is 131 cm³/mol. The number of nitrogens with one attached hydrogen (secondary N) is 1. The molecule has 1 aromatic heterocycles. The molecule has 9 nitrogen and oxygen atoms in total. The number of aromatic nitrogens is 2. The molecule has 4 rings (SSSR count). The first-order valence-corrected chi connectivity index (χ1v) is 11.3. The molecule has 188 valence electrons. The average Bonchev–Trinajstić information content (AvgIpc) is 2.83. The fourth-order valence-corrected chi connectivity index (χ4v) is 4.29. The van der Waals surface area contributed by atoms with Crippen molar-refractivity contribution in [3.8, 4) is 16.9 Å². The Kier molecular flexibility index (Phi) is 6.49. The number of anilines is 3. The Morgan fingerprint density at radius 3 is 2.47 bits per heavy atom. The van der Waals surface area contributed by atoms with E-state index in [4.69, 9.17) is 16.2 Å². The Balaban J connectivity index is 1.87. The Bertz CT molecular complexity index is 1350. The molecule has 11 heteroatoms. The van der Waals surface area contributed by atoms with Crippen molar-refractivity contribution in [3.63, 3.8) is 0 Å². The summed E-state index contributed by atoms with van der Waals surface area (Å²) < 4.78 is 34.2. The lowest BCUT2D eigenvalue weighted by Crippen LogP contribution is -2.53. The second-order valence-corrected chi connectivity index (χ2v) is 8.50. The van der Waals surface area contributed by atoms with E-state index in [1.807, 2.05) is 6.92 Å². The summed E-state index contributed by atoms with van der Waals surface area (Å²) in [5.74, 6) is -2.03. The van der Waals surface area contributed by atoms with Crippen LogP contribution in [0.3, 0.4) is 0 Å². The van der Waals surface area contributed by atoms with E-state index in [1.165, 1.54) is 18.9 Å². The fraction of sp³-hybridized carbons (Fsp3) is 0.280. The third-order valence-electron chi connectivity index (χ3n) is 6.12. The van der Waals surface area contributed by atoms with Crippen LogP contribution in [0.15, 0.2) is 36.4 Å². The van der Waals surface area contributed by atoms with E-state index >= 15 is 0 Å². The maximum Gasteiger partial charge on any atom is 0.275 e. The molecule has 5 N–H and O–H groups in total. The highest BCUT2D eigenvalue weighted by Gasteiger charge is 2.46. The molecule has 1 unspecified atom stereocenters. The number of amides is 2. The van der Waals surface area contributed by atoms with Crippen molar-refractivity contribution in [1.82, 2.24) is 15.3 Å². The van der Waals surface area contributed by atoms with E-state index in [9.17, 15) is 18.4 Å². The van der Waals surface area contributed by atoms with E-state index in [-0.39, 0.29) is 42.0 Å².